The predicted molar refractivity (Wildman–Crippen MR) is 87.0 cm³/mol. The van der Waals surface area contributed by atoms with Crippen LogP contribution in [0.15, 0.2) is 56.0 Å². The molecule has 0 amide bonds. The van der Waals surface area contributed by atoms with Crippen molar-refractivity contribution >= 4 is 28.5 Å². The second kappa shape index (κ2) is 6.14. The van der Waals surface area contributed by atoms with Gasteiger partial charge in [0, 0.05) is 5.39 Å². The van der Waals surface area contributed by atoms with Crippen LogP contribution in [0.4, 0.5) is 0 Å². The standard InChI is InChI=1S/C16H7ClN2O6/c1-2-3-10(15(21)22)24-9-5-4-7-6-8-13(20)18-16(23)19-14(8)25-12(7)11(9)17/h4-6H,1H2,(H,21,22)(H,18,20,23). The van der Waals surface area contributed by atoms with E-state index in [1.165, 1.54) is 18.2 Å². The fraction of sp³-hybridized carbons (Fsp3) is 0. The largest absolute Gasteiger partial charge is 0.475 e. The highest BCUT2D eigenvalue weighted by Crippen LogP contribution is 2.36. The molecule has 0 saturated carbocycles. The number of hydrogen-bond acceptors (Lipinski definition) is 6. The van der Waals surface area contributed by atoms with Crippen LogP contribution in [0, 0.1) is 0 Å². The fourth-order valence-corrected chi connectivity index (χ4v) is 2.31. The lowest BCUT2D eigenvalue weighted by Gasteiger charge is -2.10. The summed E-state index contributed by atoms with van der Waals surface area (Å²) < 4.78 is 10.6. The molecule has 0 unspecified atom stereocenters. The molecule has 0 spiro atoms. The van der Waals surface area contributed by atoms with Gasteiger partial charge < -0.3 is 14.3 Å². The van der Waals surface area contributed by atoms with Crippen LogP contribution in [-0.4, -0.2) is 21.0 Å². The number of benzene rings is 1. The summed E-state index contributed by atoms with van der Waals surface area (Å²) in [5.74, 6) is -2.22. The molecular formula is C16H7ClN2O6. The Bertz CT molecular complexity index is 1200. The number of halogens is 1. The van der Waals surface area contributed by atoms with E-state index in [1.807, 2.05) is 4.98 Å². The molecule has 2 N–H and O–H groups in total. The molecule has 8 nitrogen and oxygen atoms in total. The van der Waals surface area contributed by atoms with E-state index in [-0.39, 0.29) is 27.8 Å². The lowest BCUT2D eigenvalue weighted by atomic mass is 10.1. The fourth-order valence-electron chi connectivity index (χ4n) is 2.06. The molecule has 0 radical (unpaired) electrons. The maximum atomic E-state index is 11.8. The number of H-pyrrole nitrogens is 1. The number of rotatable bonds is 3. The number of hydrogen-bond donors (Lipinski definition) is 2. The number of ether oxygens (including phenoxy) is 1. The summed E-state index contributed by atoms with van der Waals surface area (Å²) >= 11 is 6.19. The molecule has 2 aliphatic rings. The summed E-state index contributed by atoms with van der Waals surface area (Å²) in [5, 5.41) is 9.39. The normalized spacial score (nSPS) is 10.3. The van der Waals surface area contributed by atoms with Crippen molar-refractivity contribution in [2.45, 2.75) is 0 Å². The van der Waals surface area contributed by atoms with Crippen LogP contribution >= 0.6 is 11.6 Å². The van der Waals surface area contributed by atoms with Crippen LogP contribution < -0.4 is 16.0 Å². The van der Waals surface area contributed by atoms with E-state index in [0.29, 0.717) is 5.39 Å². The van der Waals surface area contributed by atoms with Crippen LogP contribution in [0.2, 0.25) is 5.02 Å². The molecule has 0 bridgehead atoms. The topological polar surface area (TPSA) is 122 Å². The molecule has 0 aliphatic carbocycles. The Morgan fingerprint density at radius 3 is 2.84 bits per heavy atom. The third-order valence-electron chi connectivity index (χ3n) is 3.10. The number of fused-ring (bicyclic) bond motifs is 2. The number of carboxylic acid groups (broad SMARTS) is 1. The Morgan fingerprint density at radius 2 is 2.16 bits per heavy atom. The number of nitrogens with one attached hydrogen (secondary N) is 1. The molecule has 1 aromatic carbocycles. The van der Waals surface area contributed by atoms with E-state index in [4.69, 9.17) is 25.9 Å². The summed E-state index contributed by atoms with van der Waals surface area (Å²) in [6, 6.07) is 4.33. The second-order valence-corrected chi connectivity index (χ2v) is 5.05. The van der Waals surface area contributed by atoms with E-state index in [0.717, 1.165) is 0 Å². The van der Waals surface area contributed by atoms with Crippen molar-refractivity contribution in [3.63, 3.8) is 0 Å². The van der Waals surface area contributed by atoms with Crippen LogP contribution in [0.3, 0.4) is 0 Å². The first-order valence-electron chi connectivity index (χ1n) is 6.63. The first-order valence-corrected chi connectivity index (χ1v) is 7.01. The number of nitrogens with zero attached hydrogens (tertiary/aromatic N) is 1. The van der Waals surface area contributed by atoms with Crippen LogP contribution in [0.1, 0.15) is 0 Å². The van der Waals surface area contributed by atoms with Gasteiger partial charge in [0.1, 0.15) is 10.6 Å². The Labute approximate surface area is 143 Å². The molecule has 0 aromatic heterocycles. The minimum absolute atomic E-state index is 0.0374. The zero-order valence-electron chi connectivity index (χ0n) is 12.3. The molecular weight excluding hydrogens is 352 g/mol. The zero-order chi connectivity index (χ0) is 18.1. The van der Waals surface area contributed by atoms with Crippen molar-refractivity contribution in [1.29, 1.82) is 0 Å². The smallest absolute Gasteiger partial charge is 0.380 e. The van der Waals surface area contributed by atoms with Gasteiger partial charge >= 0.3 is 11.7 Å². The number of carboxylic acids is 1. The monoisotopic (exact) mass is 358 g/mol. The first-order chi connectivity index (χ1) is 11.9. The summed E-state index contributed by atoms with van der Waals surface area (Å²) in [5.41, 5.74) is 2.99. The maximum absolute atomic E-state index is 11.8. The highest BCUT2D eigenvalue weighted by atomic mass is 35.5. The molecule has 2 heterocycles. The third-order valence-corrected chi connectivity index (χ3v) is 3.46. The first kappa shape index (κ1) is 16.3. The third kappa shape index (κ3) is 2.96. The van der Waals surface area contributed by atoms with Gasteiger partial charge in [0.05, 0.1) is 0 Å². The Hall–Kier alpha value is -3.57. The maximum Gasteiger partial charge on any atom is 0.380 e. The zero-order valence-corrected chi connectivity index (χ0v) is 13.0. The summed E-state index contributed by atoms with van der Waals surface area (Å²) in [6.07, 6.45) is 0. The van der Waals surface area contributed by atoms with Crippen molar-refractivity contribution in [2.75, 3.05) is 0 Å². The van der Waals surface area contributed by atoms with Crippen molar-refractivity contribution in [2.24, 2.45) is 0 Å². The predicted octanol–water partition coefficient (Wildman–Crippen LogP) is 1.92. The van der Waals surface area contributed by atoms with Gasteiger partial charge in [0.25, 0.3) is 11.3 Å². The summed E-state index contributed by atoms with van der Waals surface area (Å²) in [7, 11) is 0. The molecule has 0 atom stereocenters. The van der Waals surface area contributed by atoms with Gasteiger partial charge in [0.2, 0.25) is 5.89 Å². The molecule has 124 valence electrons. The number of carbonyl (C=O) groups is 1. The lowest BCUT2D eigenvalue weighted by Crippen LogP contribution is -2.24. The van der Waals surface area contributed by atoms with E-state index in [1.54, 1.807) is 0 Å². The molecule has 0 saturated heterocycles. The number of aromatic nitrogens is 2. The van der Waals surface area contributed by atoms with E-state index < -0.39 is 23.0 Å². The van der Waals surface area contributed by atoms with Crippen LogP contribution in [0.5, 0.6) is 5.75 Å². The minimum atomic E-state index is -1.40. The Morgan fingerprint density at radius 1 is 1.40 bits per heavy atom. The Balaban J connectivity index is 2.25. The quantitative estimate of drug-likeness (QED) is 0.317. The van der Waals surface area contributed by atoms with Crippen molar-refractivity contribution < 1.29 is 19.1 Å². The Kier molecular flexibility index (Phi) is 4.00. The minimum Gasteiger partial charge on any atom is -0.475 e. The number of aromatic amines is 1. The lowest BCUT2D eigenvalue weighted by molar-refractivity contribution is -0.135. The van der Waals surface area contributed by atoms with Gasteiger partial charge in [-0.3, -0.25) is 9.78 Å². The SMILES string of the molecule is C=C=C=C(Oc1ccc2cc3c(=O)[nH]c(=O)nc-3oc2c1Cl)C(=O)O. The molecule has 9 heteroatoms. The van der Waals surface area contributed by atoms with Crippen molar-refractivity contribution in [3.05, 3.63) is 67.9 Å². The van der Waals surface area contributed by atoms with Crippen molar-refractivity contribution in [1.82, 2.24) is 9.97 Å². The van der Waals surface area contributed by atoms with Crippen LogP contribution in [0.25, 0.3) is 22.4 Å². The van der Waals surface area contributed by atoms with Gasteiger partial charge in [-0.1, -0.05) is 17.3 Å². The van der Waals surface area contributed by atoms with E-state index in [9.17, 15) is 14.4 Å². The molecule has 2 aliphatic heterocycles. The summed E-state index contributed by atoms with van der Waals surface area (Å²) in [4.78, 5) is 39.8. The van der Waals surface area contributed by atoms with E-state index >= 15 is 0 Å². The summed E-state index contributed by atoms with van der Waals surface area (Å²) in [6.45, 7) is 3.23. The molecule has 1 aromatic rings. The number of aliphatic carboxylic acids is 1. The van der Waals surface area contributed by atoms with Gasteiger partial charge in [-0.15, -0.1) is 0 Å². The van der Waals surface area contributed by atoms with Crippen LogP contribution in [-0.2, 0) is 4.79 Å². The van der Waals surface area contributed by atoms with Gasteiger partial charge in [0.15, 0.2) is 11.3 Å². The van der Waals surface area contributed by atoms with Gasteiger partial charge in [-0.25, -0.2) is 9.59 Å². The highest BCUT2D eigenvalue weighted by Gasteiger charge is 2.19. The highest BCUT2D eigenvalue weighted by molar-refractivity contribution is 6.36. The average Bonchev–Trinajstić information content (AvgIpc) is 2.55. The molecule has 0 fully saturated rings. The second-order valence-electron chi connectivity index (χ2n) is 4.67. The molecule has 25 heavy (non-hydrogen) atoms. The molecule has 3 rings (SSSR count). The van der Waals surface area contributed by atoms with Gasteiger partial charge in [-0.2, -0.15) is 4.98 Å². The average molecular weight is 359 g/mol. The van der Waals surface area contributed by atoms with Gasteiger partial charge in [-0.05, 0) is 30.5 Å². The van der Waals surface area contributed by atoms with E-state index in [2.05, 4.69) is 23.0 Å². The van der Waals surface area contributed by atoms with Crippen molar-refractivity contribution in [3.8, 4) is 17.2 Å².